The smallest absolute Gasteiger partial charge is 0.271 e. The molecule has 1 unspecified atom stereocenters. The summed E-state index contributed by atoms with van der Waals surface area (Å²) < 4.78 is 0. The van der Waals surface area contributed by atoms with E-state index in [-0.39, 0.29) is 11.4 Å². The zero-order chi connectivity index (χ0) is 20.5. The van der Waals surface area contributed by atoms with Crippen LogP contribution in [0.2, 0.25) is 0 Å². The van der Waals surface area contributed by atoms with Crippen LogP contribution in [0.25, 0.3) is 0 Å². The van der Waals surface area contributed by atoms with Gasteiger partial charge in [0.25, 0.3) is 5.91 Å². The monoisotopic (exact) mass is 378 g/mol. The van der Waals surface area contributed by atoms with E-state index in [2.05, 4.69) is 55.4 Å². The lowest BCUT2D eigenvalue weighted by atomic mass is 9.80. The molecule has 1 N–H and O–H groups in total. The molecule has 2 aromatic carbocycles. The summed E-state index contributed by atoms with van der Waals surface area (Å²) in [5.74, 6) is 0.269. The molecule has 5 nitrogen and oxygen atoms in total. The van der Waals surface area contributed by atoms with Gasteiger partial charge in [0.05, 0.1) is 6.21 Å². The summed E-state index contributed by atoms with van der Waals surface area (Å²) in [5, 5.41) is 4.16. The van der Waals surface area contributed by atoms with Crippen molar-refractivity contribution < 1.29 is 4.79 Å². The van der Waals surface area contributed by atoms with Crippen LogP contribution in [0.4, 0.5) is 11.4 Å². The maximum Gasteiger partial charge on any atom is 0.271 e. The third-order valence-electron chi connectivity index (χ3n) is 5.66. The first kappa shape index (κ1) is 19.9. The van der Waals surface area contributed by atoms with Gasteiger partial charge in [0.15, 0.2) is 0 Å². The number of nitrogens with zero attached hydrogens (tertiary/aromatic N) is 3. The van der Waals surface area contributed by atoms with Crippen LogP contribution in [0.1, 0.15) is 54.6 Å². The molecule has 0 spiro atoms. The molecule has 0 saturated carbocycles. The van der Waals surface area contributed by atoms with E-state index >= 15 is 0 Å². The molecule has 5 heteroatoms. The Hall–Kier alpha value is -2.82. The van der Waals surface area contributed by atoms with Gasteiger partial charge in [-0.2, -0.15) is 5.10 Å². The topological polar surface area (TPSA) is 47.9 Å². The molecule has 1 amide bonds. The maximum atomic E-state index is 12.4. The fourth-order valence-electron chi connectivity index (χ4n) is 3.83. The predicted octanol–water partition coefficient (Wildman–Crippen LogP) is 4.24. The van der Waals surface area contributed by atoms with Crippen molar-refractivity contribution in [3.05, 3.63) is 59.2 Å². The van der Waals surface area contributed by atoms with Gasteiger partial charge in [-0.25, -0.2) is 5.43 Å². The van der Waals surface area contributed by atoms with Gasteiger partial charge in [-0.05, 0) is 67.6 Å². The molecule has 0 bridgehead atoms. The summed E-state index contributed by atoms with van der Waals surface area (Å²) in [6.07, 6.45) is 2.82. The fraction of sp³-hybridized carbons (Fsp3) is 0.391. The van der Waals surface area contributed by atoms with E-state index in [4.69, 9.17) is 0 Å². The summed E-state index contributed by atoms with van der Waals surface area (Å²) in [5.41, 5.74) is 7.93. The zero-order valence-electron chi connectivity index (χ0n) is 17.7. The molecule has 0 fully saturated rings. The van der Waals surface area contributed by atoms with Crippen molar-refractivity contribution in [3.63, 3.8) is 0 Å². The van der Waals surface area contributed by atoms with Crippen LogP contribution < -0.4 is 15.2 Å². The molecule has 0 saturated heterocycles. The second kappa shape index (κ2) is 7.66. The van der Waals surface area contributed by atoms with Crippen LogP contribution >= 0.6 is 0 Å². The first-order chi connectivity index (χ1) is 13.2. The highest BCUT2D eigenvalue weighted by atomic mass is 16.2. The molecule has 28 heavy (non-hydrogen) atoms. The normalized spacial score (nSPS) is 18.1. The van der Waals surface area contributed by atoms with E-state index in [0.717, 1.165) is 17.7 Å². The number of anilines is 2. The van der Waals surface area contributed by atoms with Gasteiger partial charge in [-0.15, -0.1) is 0 Å². The first-order valence-electron chi connectivity index (χ1n) is 9.67. The Kier molecular flexibility index (Phi) is 5.45. The van der Waals surface area contributed by atoms with Gasteiger partial charge >= 0.3 is 0 Å². The van der Waals surface area contributed by atoms with Gasteiger partial charge in [-0.3, -0.25) is 4.79 Å². The second-order valence-electron chi connectivity index (χ2n) is 8.44. The van der Waals surface area contributed by atoms with Crippen molar-refractivity contribution in [1.82, 2.24) is 5.43 Å². The quantitative estimate of drug-likeness (QED) is 0.639. The fourth-order valence-corrected chi connectivity index (χ4v) is 3.83. The number of rotatable bonds is 4. The Morgan fingerprint density at radius 3 is 2.71 bits per heavy atom. The average molecular weight is 379 g/mol. The molecular weight excluding hydrogens is 348 g/mol. The summed E-state index contributed by atoms with van der Waals surface area (Å²) in [6.45, 7) is 6.83. The number of carbonyl (C=O) groups excluding carboxylic acids is 1. The van der Waals surface area contributed by atoms with Gasteiger partial charge < -0.3 is 9.80 Å². The van der Waals surface area contributed by atoms with Crippen molar-refractivity contribution in [1.29, 1.82) is 0 Å². The van der Waals surface area contributed by atoms with E-state index in [0.29, 0.717) is 11.5 Å². The Bertz CT molecular complexity index is 901. The third-order valence-corrected chi connectivity index (χ3v) is 5.66. The summed E-state index contributed by atoms with van der Waals surface area (Å²) in [4.78, 5) is 16.7. The molecule has 0 aromatic heterocycles. The third kappa shape index (κ3) is 4.03. The van der Waals surface area contributed by atoms with Crippen LogP contribution in [0.15, 0.2) is 47.6 Å². The molecule has 148 valence electrons. The van der Waals surface area contributed by atoms with Crippen LogP contribution in [0.5, 0.6) is 0 Å². The van der Waals surface area contributed by atoms with Gasteiger partial charge in [-0.1, -0.05) is 19.1 Å². The Balaban J connectivity index is 1.73. The minimum atomic E-state index is -0.215. The van der Waals surface area contributed by atoms with Crippen molar-refractivity contribution >= 4 is 23.5 Å². The molecule has 3 rings (SSSR count). The lowest BCUT2D eigenvalue weighted by Crippen LogP contribution is -2.45. The largest absolute Gasteiger partial charge is 0.378 e. The molecule has 1 atom stereocenters. The molecule has 2 aromatic rings. The van der Waals surface area contributed by atoms with Crippen molar-refractivity contribution in [3.8, 4) is 0 Å². The average Bonchev–Trinajstić information content (AvgIpc) is 2.66. The van der Waals surface area contributed by atoms with Crippen molar-refractivity contribution in [2.45, 2.75) is 38.6 Å². The summed E-state index contributed by atoms with van der Waals surface area (Å²) in [7, 11) is 6.05. The predicted molar refractivity (Wildman–Crippen MR) is 118 cm³/mol. The maximum absolute atomic E-state index is 12.4. The highest BCUT2D eigenvalue weighted by Crippen LogP contribution is 2.42. The molecule has 1 heterocycles. The summed E-state index contributed by atoms with van der Waals surface area (Å²) in [6, 6.07) is 13.8. The van der Waals surface area contributed by atoms with E-state index in [1.54, 1.807) is 12.3 Å². The lowest BCUT2D eigenvalue weighted by molar-refractivity contribution is 0.0955. The SMILES string of the molecule is CC1CC(C)(C)N(C)c2ccc(/C=N\NC(=O)c3cccc(N(C)C)c3)cc21. The van der Waals surface area contributed by atoms with Crippen molar-refractivity contribution in [2.75, 3.05) is 30.9 Å². The van der Waals surface area contributed by atoms with E-state index in [9.17, 15) is 4.79 Å². The Morgan fingerprint density at radius 2 is 2.00 bits per heavy atom. The minimum absolute atomic E-state index is 0.150. The van der Waals surface area contributed by atoms with E-state index in [1.165, 1.54) is 11.3 Å². The minimum Gasteiger partial charge on any atom is -0.378 e. The van der Waals surface area contributed by atoms with E-state index < -0.39 is 0 Å². The molecule has 1 aliphatic heterocycles. The first-order valence-corrected chi connectivity index (χ1v) is 9.67. The number of amides is 1. The molecule has 0 aliphatic carbocycles. The number of hydrazone groups is 1. The number of hydrogen-bond acceptors (Lipinski definition) is 4. The van der Waals surface area contributed by atoms with Crippen LogP contribution in [0, 0.1) is 0 Å². The Morgan fingerprint density at radius 1 is 1.25 bits per heavy atom. The molecular formula is C23H30N4O. The van der Waals surface area contributed by atoms with Gasteiger partial charge in [0, 0.05) is 43.6 Å². The van der Waals surface area contributed by atoms with Crippen LogP contribution in [-0.4, -0.2) is 38.8 Å². The zero-order valence-corrected chi connectivity index (χ0v) is 17.7. The number of benzene rings is 2. The number of carbonyl (C=O) groups is 1. The molecule has 1 aliphatic rings. The van der Waals surface area contributed by atoms with Gasteiger partial charge in [0.2, 0.25) is 0 Å². The number of nitrogens with one attached hydrogen (secondary N) is 1. The standard InChI is InChI=1S/C23H30N4O/c1-16-14-23(2,3)27(6)21-11-10-17(12-20(16)21)15-24-25-22(28)18-8-7-9-19(13-18)26(4)5/h7-13,15-16H,14H2,1-6H3,(H,25,28)/b24-15-. The lowest BCUT2D eigenvalue weighted by Gasteiger charge is -2.45. The number of hydrogen-bond donors (Lipinski definition) is 1. The van der Waals surface area contributed by atoms with Crippen molar-refractivity contribution in [2.24, 2.45) is 5.10 Å². The van der Waals surface area contributed by atoms with Gasteiger partial charge in [0.1, 0.15) is 0 Å². The summed E-state index contributed by atoms with van der Waals surface area (Å²) >= 11 is 0. The second-order valence-corrected chi connectivity index (χ2v) is 8.44. The Labute approximate surface area is 168 Å². The van der Waals surface area contributed by atoms with Crippen LogP contribution in [-0.2, 0) is 0 Å². The van der Waals surface area contributed by atoms with E-state index in [1.807, 2.05) is 43.3 Å². The van der Waals surface area contributed by atoms with Crippen LogP contribution in [0.3, 0.4) is 0 Å². The highest BCUT2D eigenvalue weighted by Gasteiger charge is 2.33. The molecule has 0 radical (unpaired) electrons. The number of fused-ring (bicyclic) bond motifs is 1. The highest BCUT2D eigenvalue weighted by molar-refractivity contribution is 5.95.